The van der Waals surface area contributed by atoms with Crippen molar-refractivity contribution >= 4 is 5.91 Å². The molecule has 3 atom stereocenters. The summed E-state index contributed by atoms with van der Waals surface area (Å²) in [5.74, 6) is 2.01. The first kappa shape index (κ1) is 18.4. The predicted molar refractivity (Wildman–Crippen MR) is 90.9 cm³/mol. The standard InChI is InChI=1S/C18H25N3O3/c1-3-9-20-18(23)17-16(22)7-6-15(24-17)8-11-21(2)13-14-5-4-10-19-12-14/h1,4-5,10,12,15-17,22H,6-9,11,13H2,2H3,(H,20,23). The molecule has 0 bridgehead atoms. The van der Waals surface area contributed by atoms with Crippen LogP contribution in [0.2, 0.25) is 0 Å². The van der Waals surface area contributed by atoms with Crippen LogP contribution < -0.4 is 5.32 Å². The lowest BCUT2D eigenvalue weighted by molar-refractivity contribution is -0.158. The molecule has 1 aromatic heterocycles. The molecule has 1 aliphatic heterocycles. The van der Waals surface area contributed by atoms with Crippen molar-refractivity contribution in [3.63, 3.8) is 0 Å². The van der Waals surface area contributed by atoms with Gasteiger partial charge in [-0.05, 0) is 37.9 Å². The van der Waals surface area contributed by atoms with E-state index < -0.39 is 12.2 Å². The molecule has 2 rings (SSSR count). The Labute approximate surface area is 143 Å². The number of terminal acetylenes is 1. The number of hydrogen-bond acceptors (Lipinski definition) is 5. The zero-order valence-corrected chi connectivity index (χ0v) is 14.0. The van der Waals surface area contributed by atoms with Crippen molar-refractivity contribution in [2.75, 3.05) is 20.1 Å². The molecule has 6 heteroatoms. The van der Waals surface area contributed by atoms with Gasteiger partial charge < -0.3 is 20.1 Å². The molecule has 24 heavy (non-hydrogen) atoms. The Morgan fingerprint density at radius 3 is 3.12 bits per heavy atom. The summed E-state index contributed by atoms with van der Waals surface area (Å²) in [7, 11) is 2.04. The van der Waals surface area contributed by atoms with E-state index in [1.807, 2.05) is 25.4 Å². The second kappa shape index (κ2) is 9.38. The van der Waals surface area contributed by atoms with Crippen LogP contribution in [-0.4, -0.2) is 59.3 Å². The van der Waals surface area contributed by atoms with E-state index in [9.17, 15) is 9.90 Å². The van der Waals surface area contributed by atoms with Gasteiger partial charge in [-0.1, -0.05) is 12.0 Å². The summed E-state index contributed by atoms with van der Waals surface area (Å²) < 4.78 is 5.79. The van der Waals surface area contributed by atoms with E-state index >= 15 is 0 Å². The van der Waals surface area contributed by atoms with Crippen LogP contribution >= 0.6 is 0 Å². The molecule has 2 heterocycles. The Kier molecular flexibility index (Phi) is 7.19. The number of pyridine rings is 1. The fraction of sp³-hybridized carbons (Fsp3) is 0.556. The zero-order chi connectivity index (χ0) is 17.4. The molecule has 1 aromatic rings. The van der Waals surface area contributed by atoms with Crippen LogP contribution in [0.25, 0.3) is 0 Å². The van der Waals surface area contributed by atoms with Crippen LogP contribution in [0.3, 0.4) is 0 Å². The van der Waals surface area contributed by atoms with Gasteiger partial charge in [0.25, 0.3) is 5.91 Å². The van der Waals surface area contributed by atoms with E-state index in [4.69, 9.17) is 11.2 Å². The maximum absolute atomic E-state index is 12.0. The number of amides is 1. The van der Waals surface area contributed by atoms with Gasteiger partial charge in [-0.3, -0.25) is 9.78 Å². The second-order valence-electron chi connectivity index (χ2n) is 6.13. The van der Waals surface area contributed by atoms with Gasteiger partial charge in [0.1, 0.15) is 0 Å². The highest BCUT2D eigenvalue weighted by atomic mass is 16.5. The van der Waals surface area contributed by atoms with Crippen LogP contribution in [0.5, 0.6) is 0 Å². The summed E-state index contributed by atoms with van der Waals surface area (Å²) in [4.78, 5) is 18.3. The highest BCUT2D eigenvalue weighted by Crippen LogP contribution is 2.22. The Balaban J connectivity index is 1.78. The minimum atomic E-state index is -0.833. The quantitative estimate of drug-likeness (QED) is 0.714. The van der Waals surface area contributed by atoms with Crippen LogP contribution in [-0.2, 0) is 16.1 Å². The Morgan fingerprint density at radius 2 is 2.42 bits per heavy atom. The largest absolute Gasteiger partial charge is 0.390 e. The molecule has 2 N–H and O–H groups in total. The fourth-order valence-electron chi connectivity index (χ4n) is 2.81. The van der Waals surface area contributed by atoms with Crippen molar-refractivity contribution in [1.29, 1.82) is 0 Å². The molecular formula is C18H25N3O3. The molecule has 0 aliphatic carbocycles. The van der Waals surface area contributed by atoms with Gasteiger partial charge in [0.15, 0.2) is 6.10 Å². The van der Waals surface area contributed by atoms with E-state index in [0.717, 1.165) is 31.5 Å². The lowest BCUT2D eigenvalue weighted by Gasteiger charge is -2.33. The third-order valence-corrected chi connectivity index (χ3v) is 4.10. The first-order valence-corrected chi connectivity index (χ1v) is 8.22. The number of aromatic nitrogens is 1. The van der Waals surface area contributed by atoms with Gasteiger partial charge in [0.2, 0.25) is 0 Å². The predicted octanol–water partition coefficient (Wildman–Crippen LogP) is 0.561. The second-order valence-corrected chi connectivity index (χ2v) is 6.13. The summed E-state index contributed by atoms with van der Waals surface area (Å²) >= 11 is 0. The van der Waals surface area contributed by atoms with E-state index in [1.54, 1.807) is 6.20 Å². The van der Waals surface area contributed by atoms with Crippen LogP contribution in [0, 0.1) is 12.3 Å². The number of aliphatic hydroxyl groups excluding tert-OH is 1. The molecule has 0 spiro atoms. The average molecular weight is 331 g/mol. The first-order valence-electron chi connectivity index (χ1n) is 8.22. The Hall–Kier alpha value is -1.94. The fourth-order valence-corrected chi connectivity index (χ4v) is 2.81. The number of carbonyl (C=O) groups is 1. The van der Waals surface area contributed by atoms with Crippen molar-refractivity contribution in [3.05, 3.63) is 30.1 Å². The first-order chi connectivity index (χ1) is 11.6. The molecule has 1 saturated heterocycles. The smallest absolute Gasteiger partial charge is 0.252 e. The van der Waals surface area contributed by atoms with Crippen molar-refractivity contribution in [1.82, 2.24) is 15.2 Å². The van der Waals surface area contributed by atoms with E-state index in [-0.39, 0.29) is 18.6 Å². The molecule has 0 saturated carbocycles. The van der Waals surface area contributed by atoms with Gasteiger partial charge in [0, 0.05) is 25.5 Å². The Morgan fingerprint density at radius 1 is 1.58 bits per heavy atom. The Bertz CT molecular complexity index is 558. The van der Waals surface area contributed by atoms with Crippen LogP contribution in [0.15, 0.2) is 24.5 Å². The maximum atomic E-state index is 12.0. The van der Waals surface area contributed by atoms with Crippen LogP contribution in [0.1, 0.15) is 24.8 Å². The molecule has 1 fully saturated rings. The molecule has 6 nitrogen and oxygen atoms in total. The monoisotopic (exact) mass is 331 g/mol. The lowest BCUT2D eigenvalue weighted by atomic mass is 9.98. The topological polar surface area (TPSA) is 74.7 Å². The summed E-state index contributed by atoms with van der Waals surface area (Å²) in [6, 6.07) is 3.97. The van der Waals surface area contributed by atoms with Crippen molar-refractivity contribution < 1.29 is 14.6 Å². The van der Waals surface area contributed by atoms with E-state index in [2.05, 4.69) is 21.1 Å². The van der Waals surface area contributed by atoms with Gasteiger partial charge in [-0.2, -0.15) is 0 Å². The minimum Gasteiger partial charge on any atom is -0.390 e. The van der Waals surface area contributed by atoms with Crippen molar-refractivity contribution in [3.8, 4) is 12.3 Å². The summed E-state index contributed by atoms with van der Waals surface area (Å²) in [6.07, 6.45) is 9.23. The van der Waals surface area contributed by atoms with Gasteiger partial charge >= 0.3 is 0 Å². The average Bonchev–Trinajstić information content (AvgIpc) is 2.59. The maximum Gasteiger partial charge on any atom is 0.252 e. The molecule has 130 valence electrons. The third kappa shape index (κ3) is 5.60. The molecule has 3 unspecified atom stereocenters. The van der Waals surface area contributed by atoms with Crippen molar-refractivity contribution in [2.45, 2.75) is 44.1 Å². The van der Waals surface area contributed by atoms with Crippen LogP contribution in [0.4, 0.5) is 0 Å². The number of nitrogens with one attached hydrogen (secondary N) is 1. The third-order valence-electron chi connectivity index (χ3n) is 4.10. The number of rotatable bonds is 7. The summed E-state index contributed by atoms with van der Waals surface area (Å²) in [5.41, 5.74) is 1.16. The number of aliphatic hydroxyl groups is 1. The number of carbonyl (C=O) groups excluding carboxylic acids is 1. The van der Waals surface area contributed by atoms with E-state index in [0.29, 0.717) is 6.42 Å². The van der Waals surface area contributed by atoms with Gasteiger partial charge in [-0.15, -0.1) is 6.42 Å². The minimum absolute atomic E-state index is 0.0358. The molecule has 1 aliphatic rings. The number of hydrogen-bond donors (Lipinski definition) is 2. The molecular weight excluding hydrogens is 306 g/mol. The SMILES string of the molecule is C#CCNC(=O)C1OC(CCN(C)Cc2cccnc2)CCC1O. The van der Waals surface area contributed by atoms with Gasteiger partial charge in [0.05, 0.1) is 18.8 Å². The summed E-state index contributed by atoms with van der Waals surface area (Å²) in [5, 5.41) is 12.5. The normalized spacial score (nSPS) is 23.7. The number of ether oxygens (including phenoxy) is 1. The highest BCUT2D eigenvalue weighted by Gasteiger charge is 2.34. The zero-order valence-electron chi connectivity index (χ0n) is 14.0. The van der Waals surface area contributed by atoms with Gasteiger partial charge in [-0.25, -0.2) is 0 Å². The molecule has 0 aromatic carbocycles. The lowest BCUT2D eigenvalue weighted by Crippen LogP contribution is -2.49. The molecule has 1 amide bonds. The number of nitrogens with zero attached hydrogens (tertiary/aromatic N) is 2. The van der Waals surface area contributed by atoms with E-state index in [1.165, 1.54) is 0 Å². The van der Waals surface area contributed by atoms with Crippen molar-refractivity contribution in [2.24, 2.45) is 0 Å². The highest BCUT2D eigenvalue weighted by molar-refractivity contribution is 5.81. The summed E-state index contributed by atoms with van der Waals surface area (Å²) in [6.45, 7) is 1.80. The molecule has 0 radical (unpaired) electrons.